The number of carbonyl (C=O) groups is 1. The fraction of sp³-hybridized carbons (Fsp3) is 0.412. The summed E-state index contributed by atoms with van der Waals surface area (Å²) < 4.78 is 10.5. The molecule has 124 valence electrons. The first-order valence-corrected chi connectivity index (χ1v) is 7.48. The Morgan fingerprint density at radius 2 is 2.04 bits per heavy atom. The van der Waals surface area contributed by atoms with E-state index in [1.807, 2.05) is 32.9 Å². The molecule has 0 aliphatic rings. The van der Waals surface area contributed by atoms with Crippen molar-refractivity contribution in [1.29, 1.82) is 0 Å². The number of benzene rings is 1. The monoisotopic (exact) mass is 317 g/mol. The van der Waals surface area contributed by atoms with Crippen molar-refractivity contribution < 1.29 is 14.3 Å². The van der Waals surface area contributed by atoms with Crippen molar-refractivity contribution in [2.75, 3.05) is 14.2 Å². The Kier molecular flexibility index (Phi) is 5.26. The molecule has 0 radical (unpaired) electrons. The standard InChI is InChI=1S/C17H23N3O3/c1-10(16-11(2)19-20-12(16)3)17(21)18-9-13-6-7-14(22-4)8-15(13)23-5/h6-8,10H,9H2,1-5H3,(H,18,21)(H,19,20)/t10-/m0/s1. The molecule has 0 fully saturated rings. The number of rotatable bonds is 6. The van der Waals surface area contributed by atoms with Crippen molar-refractivity contribution in [3.8, 4) is 11.5 Å². The van der Waals surface area contributed by atoms with Crippen molar-refractivity contribution in [3.63, 3.8) is 0 Å². The topological polar surface area (TPSA) is 76.2 Å². The summed E-state index contributed by atoms with van der Waals surface area (Å²) in [6.45, 7) is 6.10. The summed E-state index contributed by atoms with van der Waals surface area (Å²) in [5, 5.41) is 10.0. The highest BCUT2D eigenvalue weighted by atomic mass is 16.5. The number of methoxy groups -OCH3 is 2. The van der Waals surface area contributed by atoms with Crippen LogP contribution in [0.2, 0.25) is 0 Å². The van der Waals surface area contributed by atoms with Crippen LogP contribution in [0.1, 0.15) is 35.4 Å². The fourth-order valence-electron chi connectivity index (χ4n) is 2.66. The maximum Gasteiger partial charge on any atom is 0.227 e. The van der Waals surface area contributed by atoms with Gasteiger partial charge in [-0.3, -0.25) is 9.89 Å². The lowest BCUT2D eigenvalue weighted by molar-refractivity contribution is -0.122. The highest BCUT2D eigenvalue weighted by Gasteiger charge is 2.21. The molecule has 0 saturated carbocycles. The lowest BCUT2D eigenvalue weighted by atomic mass is 9.98. The molecule has 23 heavy (non-hydrogen) atoms. The van der Waals surface area contributed by atoms with Crippen LogP contribution in [0.15, 0.2) is 18.2 Å². The Morgan fingerprint density at radius 1 is 1.30 bits per heavy atom. The van der Waals surface area contributed by atoms with Crippen LogP contribution in [0.3, 0.4) is 0 Å². The van der Waals surface area contributed by atoms with Crippen LogP contribution in [-0.2, 0) is 11.3 Å². The highest BCUT2D eigenvalue weighted by molar-refractivity contribution is 5.83. The molecule has 0 saturated heterocycles. The van der Waals surface area contributed by atoms with E-state index in [2.05, 4.69) is 15.5 Å². The number of H-pyrrole nitrogens is 1. The molecule has 6 heteroatoms. The van der Waals surface area contributed by atoms with E-state index in [1.165, 1.54) is 0 Å². The summed E-state index contributed by atoms with van der Waals surface area (Å²) in [7, 11) is 3.20. The average molecular weight is 317 g/mol. The molecule has 1 aromatic heterocycles. The van der Waals surface area contributed by atoms with Crippen molar-refractivity contribution in [3.05, 3.63) is 40.7 Å². The van der Waals surface area contributed by atoms with Gasteiger partial charge in [0.1, 0.15) is 11.5 Å². The lowest BCUT2D eigenvalue weighted by Gasteiger charge is -2.15. The van der Waals surface area contributed by atoms with Gasteiger partial charge in [0.2, 0.25) is 5.91 Å². The summed E-state index contributed by atoms with van der Waals surface area (Å²) in [6.07, 6.45) is 0. The number of aryl methyl sites for hydroxylation is 2. The van der Waals surface area contributed by atoms with Crippen molar-refractivity contribution in [2.45, 2.75) is 33.2 Å². The molecule has 2 aromatic rings. The lowest BCUT2D eigenvalue weighted by Crippen LogP contribution is -2.28. The second-order valence-corrected chi connectivity index (χ2v) is 5.46. The van der Waals surface area contributed by atoms with E-state index in [0.717, 1.165) is 28.3 Å². The van der Waals surface area contributed by atoms with Gasteiger partial charge in [0.25, 0.3) is 0 Å². The van der Waals surface area contributed by atoms with E-state index in [9.17, 15) is 4.79 Å². The van der Waals surface area contributed by atoms with Crippen molar-refractivity contribution in [1.82, 2.24) is 15.5 Å². The van der Waals surface area contributed by atoms with Crippen molar-refractivity contribution >= 4 is 5.91 Å². The molecule has 0 unspecified atom stereocenters. The average Bonchev–Trinajstić information content (AvgIpc) is 2.90. The van der Waals surface area contributed by atoms with Crippen LogP contribution >= 0.6 is 0 Å². The van der Waals surface area contributed by atoms with Crippen molar-refractivity contribution in [2.24, 2.45) is 0 Å². The van der Waals surface area contributed by atoms with E-state index in [1.54, 1.807) is 20.3 Å². The summed E-state index contributed by atoms with van der Waals surface area (Å²) in [6, 6.07) is 5.53. The van der Waals surface area contributed by atoms with Gasteiger partial charge in [0.15, 0.2) is 0 Å². The Bertz CT molecular complexity index is 675. The Balaban J connectivity index is 2.07. The molecular weight excluding hydrogens is 294 g/mol. The van der Waals surface area contributed by atoms with E-state index < -0.39 is 0 Å². The number of ether oxygens (including phenoxy) is 2. The van der Waals surface area contributed by atoms with Gasteiger partial charge >= 0.3 is 0 Å². The van der Waals surface area contributed by atoms with Gasteiger partial charge in [-0.05, 0) is 32.9 Å². The largest absolute Gasteiger partial charge is 0.497 e. The third-order valence-electron chi connectivity index (χ3n) is 3.96. The minimum absolute atomic E-state index is 0.0459. The van der Waals surface area contributed by atoms with Crippen LogP contribution < -0.4 is 14.8 Å². The first-order chi connectivity index (χ1) is 11.0. The summed E-state index contributed by atoms with van der Waals surface area (Å²) in [5.74, 6) is 1.09. The van der Waals surface area contributed by atoms with E-state index in [0.29, 0.717) is 12.3 Å². The Hall–Kier alpha value is -2.50. The first-order valence-electron chi connectivity index (χ1n) is 7.48. The van der Waals surface area contributed by atoms with Gasteiger partial charge in [0, 0.05) is 29.4 Å². The molecule has 0 aliphatic heterocycles. The van der Waals surface area contributed by atoms with E-state index in [4.69, 9.17) is 9.47 Å². The molecule has 0 aliphatic carbocycles. The maximum atomic E-state index is 12.4. The van der Waals surface area contributed by atoms with Crippen LogP contribution in [-0.4, -0.2) is 30.3 Å². The number of hydrogen-bond donors (Lipinski definition) is 2. The van der Waals surface area contributed by atoms with Gasteiger partial charge < -0.3 is 14.8 Å². The smallest absolute Gasteiger partial charge is 0.227 e. The van der Waals surface area contributed by atoms with Gasteiger partial charge in [-0.2, -0.15) is 5.10 Å². The zero-order chi connectivity index (χ0) is 17.0. The quantitative estimate of drug-likeness (QED) is 0.858. The zero-order valence-electron chi connectivity index (χ0n) is 14.2. The Labute approximate surface area is 136 Å². The van der Waals surface area contributed by atoms with Crippen LogP contribution in [0.4, 0.5) is 0 Å². The summed E-state index contributed by atoms with van der Waals surface area (Å²) in [4.78, 5) is 12.4. The third kappa shape index (κ3) is 3.64. The number of hydrogen-bond acceptors (Lipinski definition) is 4. The molecular formula is C17H23N3O3. The molecule has 1 aromatic carbocycles. The number of nitrogens with zero attached hydrogens (tertiary/aromatic N) is 1. The number of carbonyl (C=O) groups excluding carboxylic acids is 1. The highest BCUT2D eigenvalue weighted by Crippen LogP contribution is 2.25. The number of nitrogens with one attached hydrogen (secondary N) is 2. The summed E-state index contributed by atoms with van der Waals surface area (Å²) >= 11 is 0. The van der Waals surface area contributed by atoms with E-state index in [-0.39, 0.29) is 11.8 Å². The number of aromatic nitrogens is 2. The molecule has 2 rings (SSSR count). The maximum absolute atomic E-state index is 12.4. The van der Waals surface area contributed by atoms with E-state index >= 15 is 0 Å². The van der Waals surface area contributed by atoms with Gasteiger partial charge in [-0.15, -0.1) is 0 Å². The molecule has 6 nitrogen and oxygen atoms in total. The normalized spacial score (nSPS) is 11.9. The van der Waals surface area contributed by atoms with Gasteiger partial charge in [-0.25, -0.2) is 0 Å². The first kappa shape index (κ1) is 16.9. The second-order valence-electron chi connectivity index (χ2n) is 5.46. The van der Waals surface area contributed by atoms with Gasteiger partial charge in [-0.1, -0.05) is 0 Å². The molecule has 1 amide bonds. The molecule has 0 bridgehead atoms. The molecule has 2 N–H and O–H groups in total. The Morgan fingerprint density at radius 3 is 2.61 bits per heavy atom. The molecule has 1 atom stereocenters. The fourth-order valence-corrected chi connectivity index (χ4v) is 2.66. The third-order valence-corrected chi connectivity index (χ3v) is 3.96. The molecule has 0 spiro atoms. The van der Waals surface area contributed by atoms with Crippen LogP contribution in [0, 0.1) is 13.8 Å². The predicted octanol–water partition coefficient (Wildman–Crippen LogP) is 2.46. The van der Waals surface area contributed by atoms with Gasteiger partial charge in [0.05, 0.1) is 25.8 Å². The summed E-state index contributed by atoms with van der Waals surface area (Å²) in [5.41, 5.74) is 3.62. The van der Waals surface area contributed by atoms with Crippen LogP contribution in [0.5, 0.6) is 11.5 Å². The zero-order valence-corrected chi connectivity index (χ0v) is 14.2. The number of aromatic amines is 1. The SMILES string of the molecule is COc1ccc(CNC(=O)[C@@H](C)c2c(C)n[nH]c2C)c(OC)c1. The minimum atomic E-state index is -0.266. The van der Waals surface area contributed by atoms with Crippen LogP contribution in [0.25, 0.3) is 0 Å². The molecule has 1 heterocycles. The number of amides is 1. The minimum Gasteiger partial charge on any atom is -0.497 e. The predicted molar refractivity (Wildman–Crippen MR) is 87.9 cm³/mol. The second kappa shape index (κ2) is 7.17.